The fourth-order valence-electron chi connectivity index (χ4n) is 2.18. The molecule has 0 aliphatic rings. The highest BCUT2D eigenvalue weighted by atomic mass is 32.2. The fraction of sp³-hybridized carbons (Fsp3) is 0.588. The first-order valence-electron chi connectivity index (χ1n) is 7.96. The van der Waals surface area contributed by atoms with Gasteiger partial charge in [0.1, 0.15) is 0 Å². The molecule has 6 heteroatoms. The van der Waals surface area contributed by atoms with Crippen LogP contribution in [-0.4, -0.2) is 38.0 Å². The highest BCUT2D eigenvalue weighted by Crippen LogP contribution is 2.07. The average molecular weight is 340 g/mol. The first kappa shape index (κ1) is 19.6. The Morgan fingerprint density at radius 1 is 1.26 bits per heavy atom. The molecule has 23 heavy (non-hydrogen) atoms. The number of carbonyl (C=O) groups excluding carboxylic acids is 1. The predicted octanol–water partition coefficient (Wildman–Crippen LogP) is 2.31. The van der Waals surface area contributed by atoms with Crippen molar-refractivity contribution in [1.82, 2.24) is 9.62 Å². The maximum absolute atomic E-state index is 11.9. The Kier molecular flexibility index (Phi) is 7.72. The molecule has 1 N–H and O–H groups in total. The van der Waals surface area contributed by atoms with E-state index >= 15 is 0 Å². The molecule has 1 amide bonds. The summed E-state index contributed by atoms with van der Waals surface area (Å²) in [5, 5.41) is 2.84. The van der Waals surface area contributed by atoms with E-state index in [1.165, 1.54) is 10.6 Å². The summed E-state index contributed by atoms with van der Waals surface area (Å²) in [6, 6.07) is 7.93. The maximum atomic E-state index is 11.9. The summed E-state index contributed by atoms with van der Waals surface area (Å²) in [5.41, 5.74) is 2.19. The van der Waals surface area contributed by atoms with Gasteiger partial charge in [-0.2, -0.15) is 0 Å². The van der Waals surface area contributed by atoms with Crippen molar-refractivity contribution >= 4 is 15.9 Å². The van der Waals surface area contributed by atoms with E-state index in [1.807, 2.05) is 31.2 Å². The Labute approximate surface area is 140 Å². The van der Waals surface area contributed by atoms with E-state index in [9.17, 15) is 13.2 Å². The van der Waals surface area contributed by atoms with Crippen LogP contribution in [0.4, 0.5) is 0 Å². The molecule has 130 valence electrons. The number of aryl methyl sites for hydroxylation is 1. The van der Waals surface area contributed by atoms with E-state index in [4.69, 9.17) is 0 Å². The van der Waals surface area contributed by atoms with Crippen molar-refractivity contribution in [3.8, 4) is 0 Å². The van der Waals surface area contributed by atoms with Crippen LogP contribution < -0.4 is 5.32 Å². The van der Waals surface area contributed by atoms with Gasteiger partial charge in [-0.1, -0.05) is 43.7 Å². The van der Waals surface area contributed by atoms with E-state index in [0.29, 0.717) is 19.0 Å². The van der Waals surface area contributed by atoms with Gasteiger partial charge < -0.3 is 5.32 Å². The molecule has 0 aliphatic heterocycles. The molecule has 1 aromatic carbocycles. The van der Waals surface area contributed by atoms with Crippen molar-refractivity contribution in [2.24, 2.45) is 5.92 Å². The number of nitrogens with one attached hydrogen (secondary N) is 1. The maximum Gasteiger partial charge on any atom is 0.221 e. The Balaban J connectivity index is 2.45. The van der Waals surface area contributed by atoms with E-state index in [2.05, 4.69) is 19.2 Å². The fourth-order valence-corrected chi connectivity index (χ4v) is 3.04. The zero-order chi connectivity index (χ0) is 17.5. The van der Waals surface area contributed by atoms with Crippen LogP contribution in [0.25, 0.3) is 0 Å². The van der Waals surface area contributed by atoms with Crippen molar-refractivity contribution in [1.29, 1.82) is 0 Å². The standard InChI is InChI=1S/C17H28N2O3S/c1-14(2)8-10-19(23(4,21)22)11-9-17(20)18-13-16-7-5-6-15(3)12-16/h5-7,12,14H,8-11,13H2,1-4H3,(H,18,20). The van der Waals surface area contributed by atoms with Crippen molar-refractivity contribution in [2.45, 2.75) is 40.2 Å². The Hall–Kier alpha value is -1.40. The molecule has 0 bridgehead atoms. The second kappa shape index (κ2) is 9.03. The Morgan fingerprint density at radius 3 is 2.52 bits per heavy atom. The van der Waals surface area contributed by atoms with Gasteiger partial charge in [0.25, 0.3) is 0 Å². The van der Waals surface area contributed by atoms with Gasteiger partial charge in [-0.25, -0.2) is 12.7 Å². The van der Waals surface area contributed by atoms with Gasteiger partial charge >= 0.3 is 0 Å². The lowest BCUT2D eigenvalue weighted by atomic mass is 10.1. The number of carbonyl (C=O) groups is 1. The normalized spacial score (nSPS) is 11.9. The summed E-state index contributed by atoms with van der Waals surface area (Å²) in [5.74, 6) is 0.291. The number of nitrogens with zero attached hydrogens (tertiary/aromatic N) is 1. The summed E-state index contributed by atoms with van der Waals surface area (Å²) >= 11 is 0. The molecule has 0 saturated heterocycles. The van der Waals surface area contributed by atoms with Gasteiger partial charge in [-0.05, 0) is 24.8 Å². The summed E-state index contributed by atoms with van der Waals surface area (Å²) < 4.78 is 24.9. The number of rotatable bonds is 9. The van der Waals surface area contributed by atoms with Crippen LogP contribution >= 0.6 is 0 Å². The summed E-state index contributed by atoms with van der Waals surface area (Å²) in [6.07, 6.45) is 2.16. The van der Waals surface area contributed by atoms with Crippen LogP contribution in [0, 0.1) is 12.8 Å². The van der Waals surface area contributed by atoms with Crippen LogP contribution in [-0.2, 0) is 21.4 Å². The lowest BCUT2D eigenvalue weighted by Crippen LogP contribution is -2.35. The summed E-state index contributed by atoms with van der Waals surface area (Å²) in [6.45, 7) is 7.26. The molecule has 0 atom stereocenters. The molecule has 0 saturated carbocycles. The highest BCUT2D eigenvalue weighted by molar-refractivity contribution is 7.88. The molecular weight excluding hydrogens is 312 g/mol. The van der Waals surface area contributed by atoms with Crippen LogP contribution in [0.3, 0.4) is 0 Å². The van der Waals surface area contributed by atoms with E-state index < -0.39 is 10.0 Å². The molecule has 0 spiro atoms. The summed E-state index contributed by atoms with van der Waals surface area (Å²) in [4.78, 5) is 11.9. The lowest BCUT2D eigenvalue weighted by molar-refractivity contribution is -0.121. The molecule has 0 radical (unpaired) electrons. The van der Waals surface area contributed by atoms with Crippen LogP contribution in [0.2, 0.25) is 0 Å². The van der Waals surface area contributed by atoms with Gasteiger partial charge in [0.2, 0.25) is 15.9 Å². The van der Waals surface area contributed by atoms with E-state index in [1.54, 1.807) is 0 Å². The molecule has 0 heterocycles. The van der Waals surface area contributed by atoms with Crippen molar-refractivity contribution in [2.75, 3.05) is 19.3 Å². The third kappa shape index (κ3) is 8.13. The van der Waals surface area contributed by atoms with Gasteiger partial charge in [-0.15, -0.1) is 0 Å². The van der Waals surface area contributed by atoms with Gasteiger partial charge in [0.05, 0.1) is 6.26 Å². The molecule has 0 unspecified atom stereocenters. The lowest BCUT2D eigenvalue weighted by Gasteiger charge is -2.20. The topological polar surface area (TPSA) is 66.5 Å². The van der Waals surface area contributed by atoms with Crippen LogP contribution in [0.15, 0.2) is 24.3 Å². The number of hydrogen-bond acceptors (Lipinski definition) is 3. The Bertz CT molecular complexity index is 612. The van der Waals surface area contributed by atoms with Crippen molar-refractivity contribution < 1.29 is 13.2 Å². The molecule has 1 aromatic rings. The van der Waals surface area contributed by atoms with Crippen LogP contribution in [0.1, 0.15) is 37.8 Å². The minimum Gasteiger partial charge on any atom is -0.352 e. The zero-order valence-electron chi connectivity index (χ0n) is 14.5. The Morgan fingerprint density at radius 2 is 1.96 bits per heavy atom. The first-order chi connectivity index (χ1) is 10.7. The smallest absolute Gasteiger partial charge is 0.221 e. The third-order valence-electron chi connectivity index (χ3n) is 3.59. The average Bonchev–Trinajstić information content (AvgIpc) is 2.43. The number of hydrogen-bond donors (Lipinski definition) is 1. The number of benzene rings is 1. The van der Waals surface area contributed by atoms with Gasteiger partial charge in [0, 0.05) is 26.1 Å². The van der Waals surface area contributed by atoms with Crippen molar-refractivity contribution in [3.63, 3.8) is 0 Å². The molecule has 0 aromatic heterocycles. The largest absolute Gasteiger partial charge is 0.352 e. The van der Waals surface area contributed by atoms with Crippen molar-refractivity contribution in [3.05, 3.63) is 35.4 Å². The predicted molar refractivity (Wildman–Crippen MR) is 93.5 cm³/mol. The second-order valence-electron chi connectivity index (χ2n) is 6.36. The first-order valence-corrected chi connectivity index (χ1v) is 9.80. The third-order valence-corrected chi connectivity index (χ3v) is 4.89. The number of amides is 1. The second-order valence-corrected chi connectivity index (χ2v) is 8.34. The van der Waals surface area contributed by atoms with Gasteiger partial charge in [0.15, 0.2) is 0 Å². The highest BCUT2D eigenvalue weighted by Gasteiger charge is 2.17. The van der Waals surface area contributed by atoms with E-state index in [0.717, 1.165) is 17.5 Å². The SMILES string of the molecule is Cc1cccc(CNC(=O)CCN(CCC(C)C)S(C)(=O)=O)c1. The minimum atomic E-state index is -3.28. The number of sulfonamides is 1. The quantitative estimate of drug-likeness (QED) is 0.750. The molecule has 0 fully saturated rings. The molecule has 5 nitrogen and oxygen atoms in total. The molecule has 1 rings (SSSR count). The monoisotopic (exact) mass is 340 g/mol. The molecular formula is C17H28N2O3S. The molecule has 0 aliphatic carbocycles. The summed E-state index contributed by atoms with van der Waals surface area (Å²) in [7, 11) is -3.28. The van der Waals surface area contributed by atoms with Crippen LogP contribution in [0.5, 0.6) is 0 Å². The van der Waals surface area contributed by atoms with Gasteiger partial charge in [-0.3, -0.25) is 4.79 Å². The van der Waals surface area contributed by atoms with E-state index in [-0.39, 0.29) is 18.9 Å². The zero-order valence-corrected chi connectivity index (χ0v) is 15.3. The minimum absolute atomic E-state index is 0.135.